The number of amides is 1. The van der Waals surface area contributed by atoms with Crippen molar-refractivity contribution >= 4 is 12.1 Å². The van der Waals surface area contributed by atoms with Crippen molar-refractivity contribution in [1.29, 1.82) is 0 Å². The molecule has 23 heavy (non-hydrogen) atoms. The zero-order valence-electron chi connectivity index (χ0n) is 13.2. The summed E-state index contributed by atoms with van der Waals surface area (Å²) in [6, 6.07) is 3.00. The molecule has 1 saturated carbocycles. The summed E-state index contributed by atoms with van der Waals surface area (Å²) in [5.41, 5.74) is -2.41. The highest BCUT2D eigenvalue weighted by molar-refractivity contribution is 5.83. The van der Waals surface area contributed by atoms with E-state index in [0.717, 1.165) is 6.07 Å². The molecule has 1 aromatic carbocycles. The predicted octanol–water partition coefficient (Wildman–Crippen LogP) is 2.97. The molecule has 0 saturated heterocycles. The van der Waals surface area contributed by atoms with E-state index in [0.29, 0.717) is 0 Å². The molecule has 0 unspecified atom stereocenters. The Hall–Kier alpha value is -2.18. The predicted molar refractivity (Wildman–Crippen MR) is 78.1 cm³/mol. The summed E-state index contributed by atoms with van der Waals surface area (Å²) in [4.78, 5) is 23.3. The van der Waals surface area contributed by atoms with Crippen LogP contribution in [-0.2, 0) is 14.9 Å². The highest BCUT2D eigenvalue weighted by atomic mass is 19.2. The van der Waals surface area contributed by atoms with Crippen molar-refractivity contribution in [2.75, 3.05) is 0 Å². The Balaban J connectivity index is 2.12. The standard InChI is InChI=1S/C16H19F2NO4/c1-15(2,3)23-14(22)19-9-7-16(8-9,13(20)21)10-5-4-6-11(17)12(10)18/h4-6,9H,7-8H2,1-3H3,(H,19,22)(H,20,21). The molecule has 2 N–H and O–H groups in total. The van der Waals surface area contributed by atoms with Gasteiger partial charge in [-0.25, -0.2) is 13.6 Å². The molecule has 0 radical (unpaired) electrons. The lowest BCUT2D eigenvalue weighted by molar-refractivity contribution is -0.148. The van der Waals surface area contributed by atoms with Crippen LogP contribution in [0, 0.1) is 11.6 Å². The van der Waals surface area contributed by atoms with Gasteiger partial charge in [0.1, 0.15) is 5.60 Å². The first-order chi connectivity index (χ1) is 10.5. The van der Waals surface area contributed by atoms with Gasteiger partial charge < -0.3 is 15.2 Å². The fourth-order valence-corrected chi connectivity index (χ4v) is 2.74. The van der Waals surface area contributed by atoms with Crippen LogP contribution in [0.3, 0.4) is 0 Å². The molecule has 1 aliphatic carbocycles. The molecule has 0 atom stereocenters. The zero-order chi connectivity index (χ0) is 17.4. The minimum absolute atomic E-state index is 0.0258. The molecule has 1 fully saturated rings. The molecule has 1 aliphatic rings. The Kier molecular flexibility index (Phi) is 4.32. The number of carbonyl (C=O) groups excluding carboxylic acids is 1. The lowest BCUT2D eigenvalue weighted by Crippen LogP contribution is -2.57. The fourth-order valence-electron chi connectivity index (χ4n) is 2.74. The van der Waals surface area contributed by atoms with Crippen LogP contribution in [0.2, 0.25) is 0 Å². The van der Waals surface area contributed by atoms with E-state index >= 15 is 0 Å². The van der Waals surface area contributed by atoms with Crippen LogP contribution >= 0.6 is 0 Å². The molecule has 2 rings (SSSR count). The first-order valence-corrected chi connectivity index (χ1v) is 7.22. The highest BCUT2D eigenvalue weighted by Gasteiger charge is 2.54. The number of benzene rings is 1. The molecule has 0 spiro atoms. The first kappa shape index (κ1) is 17.2. The Labute approximate surface area is 132 Å². The number of hydrogen-bond acceptors (Lipinski definition) is 3. The van der Waals surface area contributed by atoms with E-state index in [9.17, 15) is 23.5 Å². The van der Waals surface area contributed by atoms with Crippen LogP contribution in [0.5, 0.6) is 0 Å². The van der Waals surface area contributed by atoms with Gasteiger partial charge in [0.25, 0.3) is 0 Å². The van der Waals surface area contributed by atoms with Gasteiger partial charge in [0, 0.05) is 11.6 Å². The summed E-state index contributed by atoms with van der Waals surface area (Å²) in [5.74, 6) is -3.50. The number of aliphatic carboxylic acids is 1. The quantitative estimate of drug-likeness (QED) is 0.895. The Morgan fingerprint density at radius 3 is 2.43 bits per heavy atom. The summed E-state index contributed by atoms with van der Waals surface area (Å²) in [6.45, 7) is 5.12. The van der Waals surface area contributed by atoms with Gasteiger partial charge >= 0.3 is 12.1 Å². The minimum Gasteiger partial charge on any atom is -0.481 e. The number of nitrogens with one attached hydrogen (secondary N) is 1. The van der Waals surface area contributed by atoms with E-state index in [1.165, 1.54) is 12.1 Å². The highest BCUT2D eigenvalue weighted by Crippen LogP contribution is 2.45. The van der Waals surface area contributed by atoms with Crippen molar-refractivity contribution in [3.63, 3.8) is 0 Å². The second kappa shape index (κ2) is 5.79. The van der Waals surface area contributed by atoms with Crippen molar-refractivity contribution < 1.29 is 28.2 Å². The normalized spacial score (nSPS) is 23.8. The second-order valence-corrected chi connectivity index (χ2v) is 6.74. The Bertz CT molecular complexity index is 633. The summed E-state index contributed by atoms with van der Waals surface area (Å²) >= 11 is 0. The van der Waals surface area contributed by atoms with Gasteiger partial charge in [-0.2, -0.15) is 0 Å². The van der Waals surface area contributed by atoms with Crippen LogP contribution in [0.1, 0.15) is 39.2 Å². The minimum atomic E-state index is -1.54. The third kappa shape index (κ3) is 3.43. The molecule has 0 aromatic heterocycles. The van der Waals surface area contributed by atoms with E-state index in [4.69, 9.17) is 4.74 Å². The molecule has 0 bridgehead atoms. The smallest absolute Gasteiger partial charge is 0.407 e. The number of carbonyl (C=O) groups is 2. The summed E-state index contributed by atoms with van der Waals surface area (Å²) in [5, 5.41) is 12.0. The Morgan fingerprint density at radius 1 is 1.30 bits per heavy atom. The van der Waals surface area contributed by atoms with Gasteiger partial charge in [0.15, 0.2) is 11.6 Å². The summed E-state index contributed by atoms with van der Waals surface area (Å²) in [7, 11) is 0. The summed E-state index contributed by atoms with van der Waals surface area (Å²) in [6.07, 6.45) is -0.717. The van der Waals surface area contributed by atoms with E-state index in [-0.39, 0.29) is 18.4 Å². The molecular formula is C16H19F2NO4. The molecule has 0 heterocycles. The zero-order valence-corrected chi connectivity index (χ0v) is 13.2. The number of rotatable bonds is 3. The van der Waals surface area contributed by atoms with E-state index in [2.05, 4.69) is 5.32 Å². The van der Waals surface area contributed by atoms with Crippen LogP contribution in [-0.4, -0.2) is 28.8 Å². The third-order valence-corrected chi connectivity index (χ3v) is 3.79. The van der Waals surface area contributed by atoms with Crippen molar-refractivity contribution in [3.8, 4) is 0 Å². The second-order valence-electron chi connectivity index (χ2n) is 6.74. The maximum Gasteiger partial charge on any atom is 0.407 e. The average molecular weight is 327 g/mol. The lowest BCUT2D eigenvalue weighted by atomic mass is 9.61. The number of halogens is 2. The Morgan fingerprint density at radius 2 is 1.91 bits per heavy atom. The molecule has 126 valence electrons. The van der Waals surface area contributed by atoms with Crippen molar-refractivity contribution in [3.05, 3.63) is 35.4 Å². The van der Waals surface area contributed by atoms with Crippen LogP contribution < -0.4 is 5.32 Å². The van der Waals surface area contributed by atoms with Crippen LogP contribution in [0.4, 0.5) is 13.6 Å². The topological polar surface area (TPSA) is 75.6 Å². The maximum atomic E-state index is 13.9. The lowest BCUT2D eigenvalue weighted by Gasteiger charge is -2.44. The van der Waals surface area contributed by atoms with E-state index in [1.807, 2.05) is 0 Å². The van der Waals surface area contributed by atoms with Crippen LogP contribution in [0.15, 0.2) is 18.2 Å². The average Bonchev–Trinajstić information content (AvgIpc) is 2.34. The molecule has 7 heteroatoms. The fraction of sp³-hybridized carbons (Fsp3) is 0.500. The molecule has 5 nitrogen and oxygen atoms in total. The van der Waals surface area contributed by atoms with Gasteiger partial charge in [-0.15, -0.1) is 0 Å². The van der Waals surface area contributed by atoms with Gasteiger partial charge in [-0.3, -0.25) is 4.79 Å². The number of carboxylic acids is 1. The van der Waals surface area contributed by atoms with Gasteiger partial charge in [0.2, 0.25) is 0 Å². The number of alkyl carbamates (subject to hydrolysis) is 1. The molecule has 1 aromatic rings. The molecule has 0 aliphatic heterocycles. The first-order valence-electron chi connectivity index (χ1n) is 7.22. The van der Waals surface area contributed by atoms with Crippen molar-refractivity contribution in [2.24, 2.45) is 0 Å². The summed E-state index contributed by atoms with van der Waals surface area (Å²) < 4.78 is 32.4. The third-order valence-electron chi connectivity index (χ3n) is 3.79. The maximum absolute atomic E-state index is 13.9. The number of ether oxygens (including phenoxy) is 1. The van der Waals surface area contributed by atoms with Crippen molar-refractivity contribution in [2.45, 2.75) is 50.7 Å². The molecular weight excluding hydrogens is 308 g/mol. The van der Waals surface area contributed by atoms with Gasteiger partial charge in [-0.05, 0) is 39.7 Å². The number of hydrogen-bond donors (Lipinski definition) is 2. The monoisotopic (exact) mass is 327 g/mol. The largest absolute Gasteiger partial charge is 0.481 e. The van der Waals surface area contributed by atoms with E-state index in [1.54, 1.807) is 20.8 Å². The SMILES string of the molecule is CC(C)(C)OC(=O)NC1CC(C(=O)O)(c2cccc(F)c2F)C1. The number of carboxylic acid groups (broad SMARTS) is 1. The van der Waals surface area contributed by atoms with Crippen molar-refractivity contribution in [1.82, 2.24) is 5.32 Å². The van der Waals surface area contributed by atoms with Crippen LogP contribution in [0.25, 0.3) is 0 Å². The van der Waals surface area contributed by atoms with Gasteiger partial charge in [-0.1, -0.05) is 12.1 Å². The van der Waals surface area contributed by atoms with Gasteiger partial charge in [0.05, 0.1) is 5.41 Å². The molecule has 1 amide bonds. The van der Waals surface area contributed by atoms with E-state index < -0.39 is 40.8 Å².